The molecule has 0 bridgehead atoms. The topological polar surface area (TPSA) is 60.0 Å². The van der Waals surface area contributed by atoms with Crippen LogP contribution >= 0.6 is 11.6 Å². The van der Waals surface area contributed by atoms with E-state index in [1.54, 1.807) is 6.33 Å². The van der Waals surface area contributed by atoms with Crippen LogP contribution in [0.4, 0.5) is 5.69 Å². The highest BCUT2D eigenvalue weighted by Gasteiger charge is 2.19. The van der Waals surface area contributed by atoms with E-state index in [0.29, 0.717) is 0 Å². The number of rotatable bonds is 2. The highest BCUT2D eigenvalue weighted by molar-refractivity contribution is 6.33. The fourth-order valence-electron chi connectivity index (χ4n) is 2.33. The monoisotopic (exact) mass is 277 g/mol. The standard InChI is InChI=1S/C13H16ClN5/c1-9(15)10-2-3-12(11(14)6-10)18-4-5-19-8-16-17-13(19)7-18/h2-3,6,8-9H,4-5,7,15H2,1H3/t9-/m1/s1. The quantitative estimate of drug-likeness (QED) is 0.912. The predicted molar refractivity (Wildman–Crippen MR) is 75.1 cm³/mol. The third kappa shape index (κ3) is 2.31. The molecule has 0 radical (unpaired) electrons. The van der Waals surface area contributed by atoms with Crippen molar-refractivity contribution in [2.24, 2.45) is 5.73 Å². The first-order valence-corrected chi connectivity index (χ1v) is 6.69. The van der Waals surface area contributed by atoms with Crippen molar-refractivity contribution >= 4 is 17.3 Å². The van der Waals surface area contributed by atoms with Gasteiger partial charge in [0.1, 0.15) is 6.33 Å². The Balaban J connectivity index is 1.88. The van der Waals surface area contributed by atoms with Crippen molar-refractivity contribution in [1.29, 1.82) is 0 Å². The van der Waals surface area contributed by atoms with Crippen molar-refractivity contribution in [1.82, 2.24) is 14.8 Å². The van der Waals surface area contributed by atoms with E-state index < -0.39 is 0 Å². The van der Waals surface area contributed by atoms with E-state index in [0.717, 1.165) is 41.7 Å². The maximum atomic E-state index is 6.37. The first-order valence-electron chi connectivity index (χ1n) is 6.32. The van der Waals surface area contributed by atoms with E-state index in [1.807, 2.05) is 25.1 Å². The summed E-state index contributed by atoms with van der Waals surface area (Å²) in [5, 5.41) is 8.78. The zero-order valence-corrected chi connectivity index (χ0v) is 11.5. The second-order valence-corrected chi connectivity index (χ2v) is 5.27. The molecular formula is C13H16ClN5. The second-order valence-electron chi connectivity index (χ2n) is 4.86. The van der Waals surface area contributed by atoms with Gasteiger partial charge in [-0.25, -0.2) is 0 Å². The van der Waals surface area contributed by atoms with Crippen molar-refractivity contribution < 1.29 is 0 Å². The molecule has 0 saturated carbocycles. The SMILES string of the molecule is C[C@@H](N)c1ccc(N2CCn3cnnc3C2)c(Cl)c1. The van der Waals surface area contributed by atoms with E-state index in [9.17, 15) is 0 Å². The van der Waals surface area contributed by atoms with Gasteiger partial charge in [0.25, 0.3) is 0 Å². The molecule has 0 aliphatic carbocycles. The Morgan fingerprint density at radius 3 is 2.95 bits per heavy atom. The second kappa shape index (κ2) is 4.83. The largest absolute Gasteiger partial charge is 0.361 e. The lowest BCUT2D eigenvalue weighted by Crippen LogP contribution is -2.33. The molecule has 2 N–H and O–H groups in total. The van der Waals surface area contributed by atoms with Gasteiger partial charge >= 0.3 is 0 Å². The fraction of sp³-hybridized carbons (Fsp3) is 0.385. The fourth-order valence-corrected chi connectivity index (χ4v) is 2.64. The van der Waals surface area contributed by atoms with Gasteiger partial charge in [-0.05, 0) is 24.6 Å². The number of hydrogen-bond acceptors (Lipinski definition) is 4. The molecule has 19 heavy (non-hydrogen) atoms. The lowest BCUT2D eigenvalue weighted by Gasteiger charge is -2.30. The predicted octanol–water partition coefficient (Wildman–Crippen LogP) is 1.97. The highest BCUT2D eigenvalue weighted by Crippen LogP contribution is 2.30. The van der Waals surface area contributed by atoms with Crippen molar-refractivity contribution in [2.45, 2.75) is 26.1 Å². The van der Waals surface area contributed by atoms with Crippen LogP contribution in [-0.4, -0.2) is 21.3 Å². The molecule has 2 heterocycles. The molecule has 1 aliphatic heterocycles. The Kier molecular flexibility index (Phi) is 3.16. The summed E-state index contributed by atoms with van der Waals surface area (Å²) >= 11 is 6.37. The van der Waals surface area contributed by atoms with Crippen molar-refractivity contribution in [2.75, 3.05) is 11.4 Å². The van der Waals surface area contributed by atoms with Gasteiger partial charge < -0.3 is 15.2 Å². The number of anilines is 1. The molecule has 0 unspecified atom stereocenters. The zero-order chi connectivity index (χ0) is 13.4. The Morgan fingerprint density at radius 2 is 2.21 bits per heavy atom. The minimum atomic E-state index is -0.00370. The summed E-state index contributed by atoms with van der Waals surface area (Å²) in [7, 11) is 0. The molecule has 3 rings (SSSR count). The number of nitrogens with two attached hydrogens (primary N) is 1. The minimum absolute atomic E-state index is 0.00370. The van der Waals surface area contributed by atoms with Gasteiger partial charge in [-0.1, -0.05) is 17.7 Å². The Bertz CT molecular complexity index is 592. The van der Waals surface area contributed by atoms with Gasteiger partial charge in [0, 0.05) is 19.1 Å². The number of aromatic nitrogens is 3. The molecule has 1 aliphatic rings. The Morgan fingerprint density at radius 1 is 1.37 bits per heavy atom. The Labute approximate surface area is 117 Å². The van der Waals surface area contributed by atoms with Gasteiger partial charge in [0.2, 0.25) is 0 Å². The van der Waals surface area contributed by atoms with Crippen molar-refractivity contribution in [3.8, 4) is 0 Å². The smallest absolute Gasteiger partial charge is 0.152 e. The summed E-state index contributed by atoms with van der Waals surface area (Å²) in [6.45, 7) is 4.47. The molecule has 0 spiro atoms. The summed E-state index contributed by atoms with van der Waals surface area (Å²) in [6, 6.07) is 6.01. The number of hydrogen-bond donors (Lipinski definition) is 1. The molecule has 100 valence electrons. The molecule has 2 aromatic rings. The molecular weight excluding hydrogens is 262 g/mol. The molecule has 1 aromatic heterocycles. The van der Waals surface area contributed by atoms with E-state index in [-0.39, 0.29) is 6.04 Å². The van der Waals surface area contributed by atoms with Crippen molar-refractivity contribution in [3.63, 3.8) is 0 Å². The van der Waals surface area contributed by atoms with Crippen LogP contribution in [0.25, 0.3) is 0 Å². The van der Waals surface area contributed by atoms with Crippen molar-refractivity contribution in [3.05, 3.63) is 40.9 Å². The molecule has 0 saturated heterocycles. The van der Waals surface area contributed by atoms with Gasteiger partial charge in [0.05, 0.1) is 17.3 Å². The van der Waals surface area contributed by atoms with E-state index in [1.165, 1.54) is 0 Å². The lowest BCUT2D eigenvalue weighted by atomic mass is 10.1. The van der Waals surface area contributed by atoms with E-state index >= 15 is 0 Å². The molecule has 0 amide bonds. The van der Waals surface area contributed by atoms with Gasteiger partial charge in [0.15, 0.2) is 5.82 Å². The number of benzene rings is 1. The van der Waals surface area contributed by atoms with Crippen LogP contribution in [0.1, 0.15) is 24.4 Å². The molecule has 0 fully saturated rings. The van der Waals surface area contributed by atoms with E-state index in [4.69, 9.17) is 17.3 Å². The van der Waals surface area contributed by atoms with Crippen LogP contribution < -0.4 is 10.6 Å². The number of halogens is 1. The summed E-state index contributed by atoms with van der Waals surface area (Å²) in [5.74, 6) is 0.971. The van der Waals surface area contributed by atoms with Crippen LogP contribution in [0.15, 0.2) is 24.5 Å². The van der Waals surface area contributed by atoms with Crippen LogP contribution in [-0.2, 0) is 13.1 Å². The molecule has 1 aromatic carbocycles. The average molecular weight is 278 g/mol. The Hall–Kier alpha value is -1.59. The van der Waals surface area contributed by atoms with Crippen LogP contribution in [0.2, 0.25) is 5.02 Å². The third-order valence-corrected chi connectivity index (χ3v) is 3.78. The normalized spacial score (nSPS) is 16.3. The third-order valence-electron chi connectivity index (χ3n) is 3.48. The molecule has 1 atom stereocenters. The summed E-state index contributed by atoms with van der Waals surface area (Å²) < 4.78 is 2.07. The zero-order valence-electron chi connectivity index (χ0n) is 10.8. The first kappa shape index (κ1) is 12.4. The minimum Gasteiger partial charge on any atom is -0.361 e. The maximum absolute atomic E-state index is 6.37. The highest BCUT2D eigenvalue weighted by atomic mass is 35.5. The number of nitrogens with zero attached hydrogens (tertiary/aromatic N) is 4. The first-order chi connectivity index (χ1) is 9.15. The lowest BCUT2D eigenvalue weighted by molar-refractivity contribution is 0.560. The van der Waals surface area contributed by atoms with Crippen LogP contribution in [0.3, 0.4) is 0 Å². The summed E-state index contributed by atoms with van der Waals surface area (Å²) in [5.41, 5.74) is 7.94. The van der Waals surface area contributed by atoms with Crippen LogP contribution in [0, 0.1) is 0 Å². The van der Waals surface area contributed by atoms with E-state index in [2.05, 4.69) is 19.7 Å². The van der Waals surface area contributed by atoms with Gasteiger partial charge in [-0.3, -0.25) is 0 Å². The average Bonchev–Trinajstić information content (AvgIpc) is 2.85. The summed E-state index contributed by atoms with van der Waals surface area (Å²) in [4.78, 5) is 2.22. The maximum Gasteiger partial charge on any atom is 0.152 e. The molecule has 6 heteroatoms. The van der Waals surface area contributed by atoms with Crippen LogP contribution in [0.5, 0.6) is 0 Å². The molecule has 5 nitrogen and oxygen atoms in total. The number of fused-ring (bicyclic) bond motifs is 1. The van der Waals surface area contributed by atoms with Gasteiger partial charge in [-0.2, -0.15) is 0 Å². The van der Waals surface area contributed by atoms with Gasteiger partial charge in [-0.15, -0.1) is 10.2 Å². The summed E-state index contributed by atoms with van der Waals surface area (Å²) in [6.07, 6.45) is 1.77.